The topological polar surface area (TPSA) is 29.1 Å². The molecule has 1 aliphatic carbocycles. The highest BCUT2D eigenvalue weighted by atomic mass is 16.1. The fourth-order valence-corrected chi connectivity index (χ4v) is 1.21. The van der Waals surface area contributed by atoms with Crippen molar-refractivity contribution in [3.63, 3.8) is 0 Å². The van der Waals surface area contributed by atoms with E-state index in [2.05, 4.69) is 5.32 Å². The summed E-state index contributed by atoms with van der Waals surface area (Å²) in [5, 5.41) is 2.93. The summed E-state index contributed by atoms with van der Waals surface area (Å²) in [6, 6.07) is 0. The van der Waals surface area contributed by atoms with Gasteiger partial charge >= 0.3 is 0 Å². The molecule has 0 heterocycles. The Hall–Kier alpha value is -0.530. The van der Waals surface area contributed by atoms with Crippen LogP contribution in [-0.2, 0) is 4.79 Å². The smallest absolute Gasteiger partial charge is 0.222 e. The summed E-state index contributed by atoms with van der Waals surface area (Å²) in [4.78, 5) is 11.1. The third-order valence-corrected chi connectivity index (χ3v) is 2.31. The van der Waals surface area contributed by atoms with Gasteiger partial charge in [-0.25, -0.2) is 0 Å². The predicted octanol–water partition coefficient (Wildman–Crippen LogP) is 1.95. The molecule has 1 fully saturated rings. The Morgan fingerprint density at radius 1 is 1.50 bits per heavy atom. The lowest BCUT2D eigenvalue weighted by Gasteiger charge is -2.06. The second-order valence-electron chi connectivity index (χ2n) is 4.03. The molecule has 70 valence electrons. The molecule has 1 rings (SSSR count). The largest absolute Gasteiger partial charge is 0.356 e. The number of rotatable bonds is 5. The van der Waals surface area contributed by atoms with Gasteiger partial charge in [0.1, 0.15) is 0 Å². The highest BCUT2D eigenvalue weighted by Gasteiger charge is 2.20. The lowest BCUT2D eigenvalue weighted by molar-refractivity contribution is -0.123. The first kappa shape index (κ1) is 9.56. The highest BCUT2D eigenvalue weighted by molar-refractivity contribution is 5.77. The Kier molecular flexibility index (Phi) is 3.57. The van der Waals surface area contributed by atoms with Crippen molar-refractivity contribution in [3.8, 4) is 0 Å². The molecule has 0 radical (unpaired) electrons. The zero-order chi connectivity index (χ0) is 8.97. The van der Waals surface area contributed by atoms with Crippen LogP contribution in [0.15, 0.2) is 0 Å². The third kappa shape index (κ3) is 3.74. The molecular weight excluding hydrogens is 150 g/mol. The number of carbonyl (C=O) groups is 1. The lowest BCUT2D eigenvalue weighted by Crippen LogP contribution is -2.28. The first-order valence-electron chi connectivity index (χ1n) is 4.98. The summed E-state index contributed by atoms with van der Waals surface area (Å²) in [5.41, 5.74) is 0. The number of carbonyl (C=O) groups excluding carboxylic acids is 1. The molecule has 1 N–H and O–H groups in total. The van der Waals surface area contributed by atoms with Gasteiger partial charge in [-0.3, -0.25) is 4.79 Å². The van der Waals surface area contributed by atoms with E-state index >= 15 is 0 Å². The van der Waals surface area contributed by atoms with Crippen molar-refractivity contribution in [2.75, 3.05) is 6.54 Å². The molecule has 0 bridgehead atoms. The maximum Gasteiger partial charge on any atom is 0.222 e. The van der Waals surface area contributed by atoms with E-state index in [1.807, 2.05) is 13.8 Å². The van der Waals surface area contributed by atoms with Crippen LogP contribution in [0.4, 0.5) is 0 Å². The van der Waals surface area contributed by atoms with Gasteiger partial charge in [-0.05, 0) is 18.8 Å². The molecule has 0 aromatic rings. The minimum absolute atomic E-state index is 0.130. The normalized spacial score (nSPS) is 16.6. The van der Waals surface area contributed by atoms with Crippen molar-refractivity contribution in [3.05, 3.63) is 0 Å². The van der Waals surface area contributed by atoms with E-state index in [1.165, 1.54) is 19.3 Å². The first-order valence-corrected chi connectivity index (χ1v) is 4.98. The maximum absolute atomic E-state index is 11.1. The summed E-state index contributed by atoms with van der Waals surface area (Å²) in [6.07, 6.45) is 5.29. The second kappa shape index (κ2) is 4.48. The highest BCUT2D eigenvalue weighted by Crippen LogP contribution is 2.33. The van der Waals surface area contributed by atoms with Crippen molar-refractivity contribution in [2.24, 2.45) is 11.8 Å². The van der Waals surface area contributed by atoms with Crippen LogP contribution in [-0.4, -0.2) is 12.5 Å². The summed E-state index contributed by atoms with van der Waals surface area (Å²) in [6.45, 7) is 4.72. The van der Waals surface area contributed by atoms with Crippen molar-refractivity contribution in [2.45, 2.75) is 39.5 Å². The molecule has 2 heteroatoms. The SMILES string of the molecule is CC(C)C(=O)NCCCC1CC1. The Labute approximate surface area is 74.7 Å². The van der Waals surface area contributed by atoms with E-state index in [4.69, 9.17) is 0 Å². The van der Waals surface area contributed by atoms with Crippen LogP contribution < -0.4 is 5.32 Å². The molecule has 1 saturated carbocycles. The second-order valence-corrected chi connectivity index (χ2v) is 4.03. The average molecular weight is 169 g/mol. The van der Waals surface area contributed by atoms with Gasteiger partial charge in [0.15, 0.2) is 0 Å². The van der Waals surface area contributed by atoms with Crippen molar-refractivity contribution >= 4 is 5.91 Å². The third-order valence-electron chi connectivity index (χ3n) is 2.31. The maximum atomic E-state index is 11.1. The van der Waals surface area contributed by atoms with Gasteiger partial charge in [0.25, 0.3) is 0 Å². The molecule has 0 aromatic carbocycles. The molecule has 0 saturated heterocycles. The van der Waals surface area contributed by atoms with E-state index in [-0.39, 0.29) is 11.8 Å². The summed E-state index contributed by atoms with van der Waals surface area (Å²) in [5.74, 6) is 1.30. The van der Waals surface area contributed by atoms with E-state index < -0.39 is 0 Å². The van der Waals surface area contributed by atoms with Crippen LogP contribution in [0.3, 0.4) is 0 Å². The summed E-state index contributed by atoms with van der Waals surface area (Å²) < 4.78 is 0. The molecule has 12 heavy (non-hydrogen) atoms. The van der Waals surface area contributed by atoms with Crippen LogP contribution in [0, 0.1) is 11.8 Å². The number of hydrogen-bond acceptors (Lipinski definition) is 1. The van der Waals surface area contributed by atoms with E-state index in [0.29, 0.717) is 0 Å². The van der Waals surface area contributed by atoms with Crippen molar-refractivity contribution in [1.82, 2.24) is 5.32 Å². The van der Waals surface area contributed by atoms with Gasteiger partial charge in [-0.1, -0.05) is 26.7 Å². The van der Waals surface area contributed by atoms with Gasteiger partial charge in [-0.2, -0.15) is 0 Å². The summed E-state index contributed by atoms with van der Waals surface area (Å²) in [7, 11) is 0. The van der Waals surface area contributed by atoms with Crippen LogP contribution >= 0.6 is 0 Å². The number of nitrogens with one attached hydrogen (secondary N) is 1. The molecule has 0 aromatic heterocycles. The quantitative estimate of drug-likeness (QED) is 0.626. The predicted molar refractivity (Wildman–Crippen MR) is 49.8 cm³/mol. The van der Waals surface area contributed by atoms with Gasteiger partial charge in [0.05, 0.1) is 0 Å². The standard InChI is InChI=1S/C10H19NO/c1-8(2)10(12)11-7-3-4-9-5-6-9/h8-9H,3-7H2,1-2H3,(H,11,12). The fraction of sp³-hybridized carbons (Fsp3) is 0.900. The van der Waals surface area contributed by atoms with Gasteiger partial charge in [-0.15, -0.1) is 0 Å². The first-order chi connectivity index (χ1) is 5.70. The molecule has 0 aliphatic heterocycles. The molecule has 0 atom stereocenters. The van der Waals surface area contributed by atoms with Crippen molar-refractivity contribution < 1.29 is 4.79 Å². The van der Waals surface area contributed by atoms with E-state index in [0.717, 1.165) is 18.9 Å². The average Bonchev–Trinajstić information content (AvgIpc) is 2.80. The minimum atomic E-state index is 0.130. The minimum Gasteiger partial charge on any atom is -0.356 e. The van der Waals surface area contributed by atoms with Gasteiger partial charge in [0.2, 0.25) is 5.91 Å². The van der Waals surface area contributed by atoms with Crippen molar-refractivity contribution in [1.29, 1.82) is 0 Å². The van der Waals surface area contributed by atoms with Crippen LogP contribution in [0.2, 0.25) is 0 Å². The number of hydrogen-bond donors (Lipinski definition) is 1. The van der Waals surface area contributed by atoms with Gasteiger partial charge in [0, 0.05) is 12.5 Å². The lowest BCUT2D eigenvalue weighted by atomic mass is 10.2. The monoisotopic (exact) mass is 169 g/mol. The van der Waals surface area contributed by atoms with Crippen LogP contribution in [0.5, 0.6) is 0 Å². The fourth-order valence-electron chi connectivity index (χ4n) is 1.21. The molecule has 0 unspecified atom stereocenters. The Morgan fingerprint density at radius 2 is 2.17 bits per heavy atom. The molecule has 1 amide bonds. The van der Waals surface area contributed by atoms with E-state index in [9.17, 15) is 4.79 Å². The Morgan fingerprint density at radius 3 is 2.67 bits per heavy atom. The molecule has 2 nitrogen and oxygen atoms in total. The zero-order valence-corrected chi connectivity index (χ0v) is 8.10. The zero-order valence-electron chi connectivity index (χ0n) is 8.10. The molecular formula is C10H19NO. The molecule has 1 aliphatic rings. The Balaban J connectivity index is 1.90. The number of amides is 1. The van der Waals surface area contributed by atoms with Crippen LogP contribution in [0.25, 0.3) is 0 Å². The van der Waals surface area contributed by atoms with E-state index in [1.54, 1.807) is 0 Å². The molecule has 0 spiro atoms. The van der Waals surface area contributed by atoms with Crippen LogP contribution in [0.1, 0.15) is 39.5 Å². The summed E-state index contributed by atoms with van der Waals surface area (Å²) >= 11 is 0. The Bertz CT molecular complexity index is 150. The van der Waals surface area contributed by atoms with Gasteiger partial charge < -0.3 is 5.32 Å².